The molecule has 1 aromatic carbocycles. The minimum absolute atomic E-state index is 0.302. The lowest BCUT2D eigenvalue weighted by atomic mass is 9.93. The number of aliphatic hydroxyl groups excluding tert-OH is 2. The van der Waals surface area contributed by atoms with Gasteiger partial charge in [0.2, 0.25) is 0 Å². The topological polar surface area (TPSA) is 167 Å². The van der Waals surface area contributed by atoms with Crippen LogP contribution in [-0.2, 0) is 19.1 Å². The summed E-state index contributed by atoms with van der Waals surface area (Å²) < 4.78 is 4.79. The smallest absolute Gasteiger partial charge is 0.335 e. The number of aliphatic hydroxyl groups is 2. The first-order valence-electron chi connectivity index (χ1n) is 8.77. The molecule has 1 aliphatic rings. The average Bonchev–Trinajstić information content (AvgIpc) is 3.10. The quantitative estimate of drug-likeness (QED) is 0.335. The Labute approximate surface area is 168 Å². The van der Waals surface area contributed by atoms with Gasteiger partial charge < -0.3 is 30.9 Å². The summed E-state index contributed by atoms with van der Waals surface area (Å²) >= 11 is 0. The first kappa shape index (κ1) is 24.1. The Morgan fingerprint density at radius 2 is 1.66 bits per heavy atom. The molecule has 0 saturated heterocycles. The van der Waals surface area contributed by atoms with Crippen molar-refractivity contribution in [2.24, 2.45) is 5.73 Å². The molecule has 6 N–H and O–H groups in total. The van der Waals surface area contributed by atoms with E-state index in [1.54, 1.807) is 0 Å². The van der Waals surface area contributed by atoms with Crippen LogP contribution in [0.2, 0.25) is 0 Å². The number of carboxylic acids is 2. The Hall–Kier alpha value is -2.93. The maximum Gasteiger partial charge on any atom is 0.335 e. The summed E-state index contributed by atoms with van der Waals surface area (Å²) in [4.78, 5) is 31.2. The van der Waals surface area contributed by atoms with Crippen LogP contribution in [0, 0.1) is 11.8 Å². The number of rotatable bonds is 5. The second-order valence-electron chi connectivity index (χ2n) is 6.65. The maximum atomic E-state index is 11.7. The molecule has 4 atom stereocenters. The molecule has 0 unspecified atom stereocenters. The summed E-state index contributed by atoms with van der Waals surface area (Å²) in [6, 6.07) is 8.18. The lowest BCUT2D eigenvalue weighted by Crippen LogP contribution is -2.46. The predicted molar refractivity (Wildman–Crippen MR) is 102 cm³/mol. The zero-order valence-corrected chi connectivity index (χ0v) is 16.2. The molecule has 0 spiro atoms. The van der Waals surface area contributed by atoms with E-state index in [-0.39, 0.29) is 5.97 Å². The van der Waals surface area contributed by atoms with E-state index in [0.717, 1.165) is 12.0 Å². The molecule has 158 valence electrons. The normalized spacial score (nSPS) is 22.2. The van der Waals surface area contributed by atoms with Gasteiger partial charge in [-0.05, 0) is 49.8 Å². The molecular formula is C20H25NO8. The van der Waals surface area contributed by atoms with E-state index in [2.05, 4.69) is 24.0 Å². The number of aliphatic carboxylic acids is 2. The maximum absolute atomic E-state index is 11.7. The van der Waals surface area contributed by atoms with Crippen molar-refractivity contribution >= 4 is 17.9 Å². The van der Waals surface area contributed by atoms with Gasteiger partial charge in [-0.3, -0.25) is 4.79 Å². The van der Waals surface area contributed by atoms with Gasteiger partial charge in [-0.1, -0.05) is 18.1 Å². The molecule has 1 fully saturated rings. The number of carboxylic acid groups (broad SMARTS) is 2. The van der Waals surface area contributed by atoms with Gasteiger partial charge in [0.15, 0.2) is 12.2 Å². The van der Waals surface area contributed by atoms with Gasteiger partial charge in [-0.2, -0.15) is 0 Å². The zero-order chi connectivity index (χ0) is 22.2. The number of hydrogen-bond donors (Lipinski definition) is 5. The lowest BCUT2D eigenvalue weighted by Gasteiger charge is -2.20. The number of carbonyl (C=O) groups excluding carboxylic acids is 1. The van der Waals surface area contributed by atoms with Crippen molar-refractivity contribution in [3.63, 3.8) is 0 Å². The second kappa shape index (κ2) is 10.6. The fraction of sp³-hybridized carbons (Fsp3) is 0.450. The number of methoxy groups -OCH3 is 1. The van der Waals surface area contributed by atoms with Gasteiger partial charge in [0.25, 0.3) is 0 Å². The lowest BCUT2D eigenvalue weighted by molar-refractivity contribution is -0.165. The van der Waals surface area contributed by atoms with Crippen molar-refractivity contribution in [3.8, 4) is 11.8 Å². The molecule has 0 bridgehead atoms. The fourth-order valence-corrected chi connectivity index (χ4v) is 3.00. The van der Waals surface area contributed by atoms with Gasteiger partial charge in [0.05, 0.1) is 7.11 Å². The van der Waals surface area contributed by atoms with E-state index >= 15 is 0 Å². The van der Waals surface area contributed by atoms with Crippen LogP contribution in [0.5, 0.6) is 0 Å². The molecule has 0 amide bonds. The highest BCUT2D eigenvalue weighted by molar-refractivity contribution is 5.83. The summed E-state index contributed by atoms with van der Waals surface area (Å²) in [5, 5.41) is 32.5. The molecule has 9 nitrogen and oxygen atoms in total. The summed E-state index contributed by atoms with van der Waals surface area (Å²) in [5.41, 5.74) is 7.53. The monoisotopic (exact) mass is 407 g/mol. The van der Waals surface area contributed by atoms with Crippen molar-refractivity contribution in [1.29, 1.82) is 0 Å². The van der Waals surface area contributed by atoms with Gasteiger partial charge in [0.1, 0.15) is 5.54 Å². The van der Waals surface area contributed by atoms with Crippen LogP contribution in [0.3, 0.4) is 0 Å². The number of carbonyl (C=O) groups is 3. The number of benzene rings is 1. The average molecular weight is 407 g/mol. The largest absolute Gasteiger partial charge is 0.479 e. The molecule has 0 aliphatic heterocycles. The number of nitrogens with two attached hydrogens (primary N) is 1. The van der Waals surface area contributed by atoms with Crippen LogP contribution in [0.15, 0.2) is 24.3 Å². The minimum atomic E-state index is -2.27. The van der Waals surface area contributed by atoms with E-state index in [0.29, 0.717) is 18.8 Å². The van der Waals surface area contributed by atoms with Crippen molar-refractivity contribution in [2.75, 3.05) is 7.11 Å². The van der Waals surface area contributed by atoms with Crippen LogP contribution < -0.4 is 5.73 Å². The van der Waals surface area contributed by atoms with Crippen molar-refractivity contribution in [1.82, 2.24) is 0 Å². The van der Waals surface area contributed by atoms with Crippen LogP contribution in [0.4, 0.5) is 0 Å². The van der Waals surface area contributed by atoms with E-state index in [1.165, 1.54) is 12.7 Å². The second-order valence-corrected chi connectivity index (χ2v) is 6.65. The van der Waals surface area contributed by atoms with Gasteiger partial charge >= 0.3 is 17.9 Å². The zero-order valence-electron chi connectivity index (χ0n) is 16.2. The molecule has 0 aromatic heterocycles. The predicted octanol–water partition coefficient (Wildman–Crippen LogP) is 0.0734. The van der Waals surface area contributed by atoms with Crippen LogP contribution in [0.25, 0.3) is 0 Å². The van der Waals surface area contributed by atoms with Crippen LogP contribution in [-0.4, -0.2) is 63.2 Å². The standard InChI is InChI=1S/C16H19NO2.C4H6O6/c1-3-4-12-5-7-13(8-6-12)14-9-10-16(17,11-14)15(18)19-2;5-1(3(7)8)2(6)4(9)10/h5-8,14H,9-11,17H2,1-2H3;1-2,5-6H,(H,7,8)(H,9,10)/t14-,16-;1-,2-/m11/s1. The Balaban J connectivity index is 0.000000359. The summed E-state index contributed by atoms with van der Waals surface area (Å²) in [5.74, 6) is 2.38. The number of hydrogen-bond acceptors (Lipinski definition) is 7. The van der Waals surface area contributed by atoms with Gasteiger partial charge in [-0.15, -0.1) is 5.92 Å². The van der Waals surface area contributed by atoms with E-state index < -0.39 is 29.7 Å². The Morgan fingerprint density at radius 1 is 1.14 bits per heavy atom. The fourth-order valence-electron chi connectivity index (χ4n) is 3.00. The molecule has 1 aromatic rings. The van der Waals surface area contributed by atoms with Crippen molar-refractivity contribution in [3.05, 3.63) is 35.4 Å². The molecule has 2 rings (SSSR count). The highest BCUT2D eigenvalue weighted by Crippen LogP contribution is 2.40. The van der Waals surface area contributed by atoms with Crippen molar-refractivity contribution < 1.29 is 39.5 Å². The number of esters is 1. The highest BCUT2D eigenvalue weighted by Gasteiger charge is 2.43. The summed E-state index contributed by atoms with van der Waals surface area (Å²) in [7, 11) is 1.39. The SMILES string of the molecule is CC#Cc1ccc([C@@H]2CC[C@](N)(C(=O)OC)C2)cc1.O=C(O)[C@H](O)[C@@H](O)C(=O)O. The molecule has 0 heterocycles. The Bertz CT molecular complexity index is 777. The molecular weight excluding hydrogens is 382 g/mol. The molecule has 1 aliphatic carbocycles. The Kier molecular flexibility index (Phi) is 8.79. The molecule has 29 heavy (non-hydrogen) atoms. The van der Waals surface area contributed by atoms with Gasteiger partial charge in [0, 0.05) is 5.56 Å². The number of ether oxygens (including phenoxy) is 1. The van der Waals surface area contributed by atoms with Crippen LogP contribution >= 0.6 is 0 Å². The van der Waals surface area contributed by atoms with Crippen LogP contribution in [0.1, 0.15) is 43.2 Å². The molecule has 1 saturated carbocycles. The first-order chi connectivity index (χ1) is 13.6. The molecule has 0 radical (unpaired) electrons. The molecule has 9 heteroatoms. The summed E-state index contributed by atoms with van der Waals surface area (Å²) in [6.07, 6.45) is -2.28. The third-order valence-corrected chi connectivity index (χ3v) is 4.60. The van der Waals surface area contributed by atoms with E-state index in [9.17, 15) is 14.4 Å². The minimum Gasteiger partial charge on any atom is -0.479 e. The van der Waals surface area contributed by atoms with E-state index in [4.69, 9.17) is 30.9 Å². The van der Waals surface area contributed by atoms with Crippen molar-refractivity contribution in [2.45, 2.75) is 49.9 Å². The highest BCUT2D eigenvalue weighted by atomic mass is 16.5. The van der Waals surface area contributed by atoms with E-state index in [1.807, 2.05) is 19.1 Å². The third kappa shape index (κ3) is 6.57. The third-order valence-electron chi connectivity index (χ3n) is 4.60. The summed E-state index contributed by atoms with van der Waals surface area (Å²) in [6.45, 7) is 1.82. The Morgan fingerprint density at radius 3 is 2.07 bits per heavy atom. The van der Waals surface area contributed by atoms with Gasteiger partial charge in [-0.25, -0.2) is 9.59 Å². The first-order valence-corrected chi connectivity index (χ1v) is 8.77.